The number of hydrogen-bond donors (Lipinski definition) is 0. The van der Waals surface area contributed by atoms with E-state index in [4.69, 9.17) is 9.15 Å². The third-order valence-electron chi connectivity index (χ3n) is 4.34. The number of aromatic nitrogens is 1. The number of ether oxygens (including phenoxy) is 1. The molecule has 0 saturated carbocycles. The van der Waals surface area contributed by atoms with Crippen LogP contribution in [0.25, 0.3) is 11.1 Å². The molecule has 1 aliphatic heterocycles. The van der Waals surface area contributed by atoms with Crippen molar-refractivity contribution >= 4 is 16.8 Å². The number of benzene rings is 2. The summed E-state index contributed by atoms with van der Waals surface area (Å²) >= 11 is 0. The Morgan fingerprint density at radius 1 is 1.08 bits per heavy atom. The van der Waals surface area contributed by atoms with Crippen LogP contribution in [0.4, 0.5) is 10.1 Å². The minimum Gasteiger partial charge on any atom is -0.430 e. The summed E-state index contributed by atoms with van der Waals surface area (Å²) in [6, 6.07) is 12.6. The molecule has 0 amide bonds. The van der Waals surface area contributed by atoms with E-state index in [1.54, 1.807) is 6.07 Å². The molecule has 1 saturated heterocycles. The molecule has 0 bridgehead atoms. The van der Waals surface area contributed by atoms with Crippen molar-refractivity contribution < 1.29 is 13.5 Å². The standard InChI is InChI=1S/C21H19FN2O2/c1-14-12-24(13-15(2)25-14)17-9-7-16(18(22)11-17)8-10-21-23-19-5-3-4-6-20(19)26-21/h3-7,9,11,14-15H,12-13H2,1-2H3/t14-,15+. The lowest BCUT2D eigenvalue weighted by atomic mass is 10.1. The molecule has 2 atom stereocenters. The second-order valence-corrected chi connectivity index (χ2v) is 6.56. The molecule has 0 radical (unpaired) electrons. The van der Waals surface area contributed by atoms with E-state index in [1.165, 1.54) is 6.07 Å². The summed E-state index contributed by atoms with van der Waals surface area (Å²) in [6.45, 7) is 5.55. The van der Waals surface area contributed by atoms with Crippen LogP contribution in [0.5, 0.6) is 0 Å². The van der Waals surface area contributed by atoms with Gasteiger partial charge in [0, 0.05) is 18.8 Å². The van der Waals surface area contributed by atoms with Crippen molar-refractivity contribution in [3.63, 3.8) is 0 Å². The van der Waals surface area contributed by atoms with Crippen LogP contribution in [-0.4, -0.2) is 30.3 Å². The Morgan fingerprint density at radius 2 is 1.85 bits per heavy atom. The molecule has 2 aromatic carbocycles. The molecular weight excluding hydrogens is 331 g/mol. The van der Waals surface area contributed by atoms with Crippen LogP contribution >= 0.6 is 0 Å². The van der Waals surface area contributed by atoms with Crippen LogP contribution in [0.1, 0.15) is 25.3 Å². The van der Waals surface area contributed by atoms with Crippen LogP contribution in [0.15, 0.2) is 46.9 Å². The maximum Gasteiger partial charge on any atom is 0.274 e. The summed E-state index contributed by atoms with van der Waals surface area (Å²) in [5.74, 6) is 5.55. The molecule has 26 heavy (non-hydrogen) atoms. The van der Waals surface area contributed by atoms with Crippen molar-refractivity contribution in [2.45, 2.75) is 26.1 Å². The van der Waals surface area contributed by atoms with Gasteiger partial charge in [-0.25, -0.2) is 9.37 Å². The molecular formula is C21H19FN2O2. The Hall–Kier alpha value is -2.84. The van der Waals surface area contributed by atoms with E-state index in [1.807, 2.05) is 44.2 Å². The molecule has 1 aliphatic rings. The Morgan fingerprint density at radius 3 is 2.58 bits per heavy atom. The molecule has 2 heterocycles. The average molecular weight is 350 g/mol. The van der Waals surface area contributed by atoms with Crippen LogP contribution in [-0.2, 0) is 4.74 Å². The Balaban J connectivity index is 1.57. The molecule has 4 nitrogen and oxygen atoms in total. The van der Waals surface area contributed by atoms with Gasteiger partial charge in [0.25, 0.3) is 5.89 Å². The summed E-state index contributed by atoms with van der Waals surface area (Å²) < 4.78 is 25.8. The zero-order valence-corrected chi connectivity index (χ0v) is 14.7. The van der Waals surface area contributed by atoms with E-state index in [0.29, 0.717) is 11.1 Å². The van der Waals surface area contributed by atoms with Gasteiger partial charge in [-0.3, -0.25) is 0 Å². The monoisotopic (exact) mass is 350 g/mol. The number of halogens is 1. The van der Waals surface area contributed by atoms with Crippen LogP contribution < -0.4 is 4.90 Å². The molecule has 1 fully saturated rings. The number of fused-ring (bicyclic) bond motifs is 1. The van der Waals surface area contributed by atoms with Crippen LogP contribution in [0, 0.1) is 17.7 Å². The van der Waals surface area contributed by atoms with Gasteiger partial charge >= 0.3 is 0 Å². The minimum atomic E-state index is -0.349. The second kappa shape index (κ2) is 6.81. The lowest BCUT2D eigenvalue weighted by Gasteiger charge is -2.36. The lowest BCUT2D eigenvalue weighted by Crippen LogP contribution is -2.45. The highest BCUT2D eigenvalue weighted by atomic mass is 19.1. The summed E-state index contributed by atoms with van der Waals surface area (Å²) in [5, 5.41) is 0. The fourth-order valence-electron chi connectivity index (χ4n) is 3.24. The fourth-order valence-corrected chi connectivity index (χ4v) is 3.24. The van der Waals surface area contributed by atoms with Crippen molar-refractivity contribution in [3.05, 3.63) is 59.7 Å². The maximum absolute atomic E-state index is 14.5. The first-order chi connectivity index (χ1) is 12.6. The van der Waals surface area contributed by atoms with Gasteiger partial charge in [-0.05, 0) is 50.1 Å². The van der Waals surface area contributed by atoms with Gasteiger partial charge < -0.3 is 14.1 Å². The number of para-hydroxylation sites is 2. The van der Waals surface area contributed by atoms with E-state index < -0.39 is 0 Å². The fraction of sp³-hybridized carbons (Fsp3) is 0.286. The number of rotatable bonds is 1. The summed E-state index contributed by atoms with van der Waals surface area (Å²) in [7, 11) is 0. The zero-order valence-electron chi connectivity index (χ0n) is 14.7. The highest BCUT2D eigenvalue weighted by Crippen LogP contribution is 2.23. The normalized spacial score (nSPS) is 20.0. The van der Waals surface area contributed by atoms with Crippen molar-refractivity contribution in [1.29, 1.82) is 0 Å². The Bertz CT molecular complexity index is 959. The number of oxazole rings is 1. The number of morpholine rings is 1. The largest absolute Gasteiger partial charge is 0.430 e. The number of nitrogens with zero attached hydrogens (tertiary/aromatic N) is 2. The van der Waals surface area contributed by atoms with E-state index in [-0.39, 0.29) is 23.9 Å². The first kappa shape index (κ1) is 16.6. The predicted molar refractivity (Wildman–Crippen MR) is 98.6 cm³/mol. The summed E-state index contributed by atoms with van der Waals surface area (Å²) in [5.41, 5.74) is 2.58. The van der Waals surface area contributed by atoms with Crippen molar-refractivity contribution in [1.82, 2.24) is 4.98 Å². The van der Waals surface area contributed by atoms with Crippen LogP contribution in [0.2, 0.25) is 0 Å². The quantitative estimate of drug-likeness (QED) is 0.622. The molecule has 0 N–H and O–H groups in total. The first-order valence-electron chi connectivity index (χ1n) is 8.66. The molecule has 132 valence electrons. The lowest BCUT2D eigenvalue weighted by molar-refractivity contribution is -0.00523. The van der Waals surface area contributed by atoms with Crippen molar-refractivity contribution in [2.75, 3.05) is 18.0 Å². The van der Waals surface area contributed by atoms with Crippen molar-refractivity contribution in [3.8, 4) is 11.8 Å². The molecule has 5 heteroatoms. The number of anilines is 1. The van der Waals surface area contributed by atoms with E-state index in [9.17, 15) is 4.39 Å². The first-order valence-corrected chi connectivity index (χ1v) is 8.66. The average Bonchev–Trinajstić information content (AvgIpc) is 3.02. The van der Waals surface area contributed by atoms with Gasteiger partial charge in [0.15, 0.2) is 5.58 Å². The van der Waals surface area contributed by atoms with Gasteiger partial charge in [0.05, 0.1) is 17.8 Å². The smallest absolute Gasteiger partial charge is 0.274 e. The van der Waals surface area contributed by atoms with E-state index in [2.05, 4.69) is 21.7 Å². The molecule has 0 spiro atoms. The third-order valence-corrected chi connectivity index (χ3v) is 4.34. The van der Waals surface area contributed by atoms with Gasteiger partial charge in [-0.15, -0.1) is 0 Å². The SMILES string of the molecule is C[C@@H]1CN(c2ccc(C#Cc3nc4ccccc4o3)c(F)c2)C[C@H](C)O1. The molecule has 4 rings (SSSR count). The molecule has 0 unspecified atom stereocenters. The van der Waals surface area contributed by atoms with Gasteiger partial charge in [0.2, 0.25) is 0 Å². The third kappa shape index (κ3) is 3.42. The predicted octanol–water partition coefficient (Wildman–Crippen LogP) is 3.98. The van der Waals surface area contributed by atoms with Gasteiger partial charge in [-0.1, -0.05) is 18.1 Å². The van der Waals surface area contributed by atoms with E-state index >= 15 is 0 Å². The highest BCUT2D eigenvalue weighted by molar-refractivity contribution is 5.72. The van der Waals surface area contributed by atoms with E-state index in [0.717, 1.165) is 24.3 Å². The summed E-state index contributed by atoms with van der Waals surface area (Å²) in [6.07, 6.45) is 0.251. The Kier molecular flexibility index (Phi) is 4.36. The minimum absolute atomic E-state index is 0.125. The topological polar surface area (TPSA) is 38.5 Å². The maximum atomic E-state index is 14.5. The zero-order chi connectivity index (χ0) is 18.1. The Labute approximate surface area is 151 Å². The summed E-state index contributed by atoms with van der Waals surface area (Å²) in [4.78, 5) is 6.42. The number of hydrogen-bond acceptors (Lipinski definition) is 4. The highest BCUT2D eigenvalue weighted by Gasteiger charge is 2.22. The van der Waals surface area contributed by atoms with Crippen molar-refractivity contribution in [2.24, 2.45) is 0 Å². The van der Waals surface area contributed by atoms with Crippen LogP contribution in [0.3, 0.4) is 0 Å². The van der Waals surface area contributed by atoms with Gasteiger partial charge in [0.1, 0.15) is 11.3 Å². The molecule has 0 aliphatic carbocycles. The molecule has 3 aromatic rings. The molecule has 1 aromatic heterocycles. The van der Waals surface area contributed by atoms with Gasteiger partial charge in [-0.2, -0.15) is 0 Å². The second-order valence-electron chi connectivity index (χ2n) is 6.56.